The summed E-state index contributed by atoms with van der Waals surface area (Å²) in [5.74, 6) is -0.675. The van der Waals surface area contributed by atoms with Crippen molar-refractivity contribution < 1.29 is 19.1 Å². The summed E-state index contributed by atoms with van der Waals surface area (Å²) in [5.41, 5.74) is 6.11. The molecular formula is C36H36N4O4. The Morgan fingerprint density at radius 3 is 2.18 bits per heavy atom. The van der Waals surface area contributed by atoms with Gasteiger partial charge >= 0.3 is 5.97 Å². The molecule has 224 valence electrons. The molecule has 44 heavy (non-hydrogen) atoms. The summed E-state index contributed by atoms with van der Waals surface area (Å²) in [7, 11) is 3.91. The summed E-state index contributed by atoms with van der Waals surface area (Å²) in [6.45, 7) is 3.14. The number of ether oxygens (including phenoxy) is 1. The van der Waals surface area contributed by atoms with E-state index in [0.29, 0.717) is 47.6 Å². The van der Waals surface area contributed by atoms with Gasteiger partial charge < -0.3 is 25.2 Å². The van der Waals surface area contributed by atoms with Crippen LogP contribution in [0.15, 0.2) is 103 Å². The molecule has 0 atom stereocenters. The first-order valence-electron chi connectivity index (χ1n) is 14.6. The molecule has 1 aliphatic rings. The lowest BCUT2D eigenvalue weighted by atomic mass is 9.99. The van der Waals surface area contributed by atoms with Gasteiger partial charge in [0.15, 0.2) is 0 Å². The fraction of sp³-hybridized carbons (Fsp3) is 0.194. The number of hydrogen-bond acceptors (Lipinski definition) is 6. The van der Waals surface area contributed by atoms with Gasteiger partial charge in [-0.3, -0.25) is 9.59 Å². The second kappa shape index (κ2) is 13.8. The van der Waals surface area contributed by atoms with E-state index in [4.69, 9.17) is 4.74 Å². The van der Waals surface area contributed by atoms with Gasteiger partial charge in [-0.2, -0.15) is 0 Å². The molecule has 4 aromatic carbocycles. The Kier molecular flexibility index (Phi) is 9.52. The number of fused-ring (bicyclic) bond motifs is 1. The van der Waals surface area contributed by atoms with Crippen LogP contribution in [0.2, 0.25) is 0 Å². The van der Waals surface area contributed by atoms with Crippen molar-refractivity contribution in [1.82, 2.24) is 4.90 Å². The van der Waals surface area contributed by atoms with Crippen molar-refractivity contribution in [1.29, 1.82) is 0 Å². The van der Waals surface area contributed by atoms with Gasteiger partial charge in [0.1, 0.15) is 0 Å². The molecular weight excluding hydrogens is 552 g/mol. The highest BCUT2D eigenvalue weighted by Crippen LogP contribution is 2.38. The van der Waals surface area contributed by atoms with E-state index in [2.05, 4.69) is 10.6 Å². The van der Waals surface area contributed by atoms with Crippen molar-refractivity contribution in [3.63, 3.8) is 0 Å². The highest BCUT2D eigenvalue weighted by Gasteiger charge is 2.29. The van der Waals surface area contributed by atoms with Crippen LogP contribution >= 0.6 is 0 Å². The summed E-state index contributed by atoms with van der Waals surface area (Å²) in [5, 5.41) is 6.38. The van der Waals surface area contributed by atoms with Crippen LogP contribution in [0.3, 0.4) is 0 Å². The Hall–Kier alpha value is -5.21. The fourth-order valence-corrected chi connectivity index (χ4v) is 5.06. The summed E-state index contributed by atoms with van der Waals surface area (Å²) < 4.78 is 5.13. The van der Waals surface area contributed by atoms with Crippen molar-refractivity contribution in [2.24, 2.45) is 0 Å². The van der Waals surface area contributed by atoms with Crippen LogP contribution in [0.1, 0.15) is 40.4 Å². The number of nitrogens with one attached hydrogen (secondary N) is 2. The molecule has 8 nitrogen and oxygen atoms in total. The fourth-order valence-electron chi connectivity index (χ4n) is 5.06. The highest BCUT2D eigenvalue weighted by molar-refractivity contribution is 6.37. The third kappa shape index (κ3) is 7.04. The quantitative estimate of drug-likeness (QED) is 0.158. The zero-order chi connectivity index (χ0) is 31.1. The predicted octanol–water partition coefficient (Wildman–Crippen LogP) is 6.28. The molecule has 1 heterocycles. The van der Waals surface area contributed by atoms with Gasteiger partial charge in [-0.05, 0) is 68.5 Å². The van der Waals surface area contributed by atoms with Crippen molar-refractivity contribution in [2.75, 3.05) is 42.8 Å². The molecule has 8 heteroatoms. The molecule has 2 N–H and O–H groups in total. The molecule has 0 spiro atoms. The van der Waals surface area contributed by atoms with E-state index < -0.39 is 5.97 Å². The van der Waals surface area contributed by atoms with E-state index in [-0.39, 0.29) is 18.4 Å². The standard InChI is InChI=1S/C36H36N4O4/c1-4-44-36(43)27-15-20-30-31(23-27)38-35(42)33(30)34(26-13-9-6-10-14-26)37-28-16-18-29(19-17-28)40(32(41)21-22-39(2)3)24-25-11-7-5-8-12-25/h5-20,23,37H,4,21-22,24H2,1-3H3,(H,38,42)/b34-33-. The van der Waals surface area contributed by atoms with E-state index in [1.165, 1.54) is 0 Å². The largest absolute Gasteiger partial charge is 0.462 e. The van der Waals surface area contributed by atoms with Gasteiger partial charge in [0, 0.05) is 29.9 Å². The molecule has 0 unspecified atom stereocenters. The average molecular weight is 589 g/mol. The molecule has 2 amide bonds. The molecule has 1 aliphatic heterocycles. The van der Waals surface area contributed by atoms with E-state index in [9.17, 15) is 14.4 Å². The third-order valence-corrected chi connectivity index (χ3v) is 7.29. The van der Waals surface area contributed by atoms with Crippen LogP contribution in [-0.4, -0.2) is 49.9 Å². The number of carbonyl (C=O) groups excluding carboxylic acids is 3. The zero-order valence-corrected chi connectivity index (χ0v) is 25.2. The molecule has 0 aliphatic carbocycles. The van der Waals surface area contributed by atoms with Crippen LogP contribution in [0.25, 0.3) is 11.3 Å². The van der Waals surface area contributed by atoms with Gasteiger partial charge in [0.25, 0.3) is 5.91 Å². The smallest absolute Gasteiger partial charge is 0.338 e. The molecule has 5 rings (SSSR count). The summed E-state index contributed by atoms with van der Waals surface area (Å²) >= 11 is 0. The van der Waals surface area contributed by atoms with Crippen LogP contribution < -0.4 is 15.5 Å². The average Bonchev–Trinajstić information content (AvgIpc) is 3.37. The molecule has 0 aromatic heterocycles. The highest BCUT2D eigenvalue weighted by atomic mass is 16.5. The van der Waals surface area contributed by atoms with Gasteiger partial charge in [-0.25, -0.2) is 4.79 Å². The molecule has 0 fully saturated rings. The lowest BCUT2D eigenvalue weighted by molar-refractivity contribution is -0.119. The first-order valence-corrected chi connectivity index (χ1v) is 14.6. The van der Waals surface area contributed by atoms with Gasteiger partial charge in [0.2, 0.25) is 5.91 Å². The van der Waals surface area contributed by atoms with Gasteiger partial charge in [0.05, 0.1) is 35.7 Å². The molecule has 0 saturated heterocycles. The van der Waals surface area contributed by atoms with E-state index in [0.717, 1.165) is 22.5 Å². The Morgan fingerprint density at radius 2 is 1.52 bits per heavy atom. The Bertz CT molecular complexity index is 1670. The zero-order valence-electron chi connectivity index (χ0n) is 25.2. The maximum atomic E-state index is 13.4. The van der Waals surface area contributed by atoms with E-state index >= 15 is 0 Å². The normalized spacial score (nSPS) is 13.2. The number of carbonyl (C=O) groups is 3. The third-order valence-electron chi connectivity index (χ3n) is 7.29. The monoisotopic (exact) mass is 588 g/mol. The number of hydrogen-bond donors (Lipinski definition) is 2. The molecule has 0 radical (unpaired) electrons. The van der Waals surface area contributed by atoms with Crippen molar-refractivity contribution in [3.05, 3.63) is 125 Å². The first kappa shape index (κ1) is 30.3. The molecule has 4 aromatic rings. The first-order chi connectivity index (χ1) is 21.3. The van der Waals surface area contributed by atoms with Gasteiger partial charge in [-0.15, -0.1) is 0 Å². The second-order valence-corrected chi connectivity index (χ2v) is 10.7. The summed E-state index contributed by atoms with van der Waals surface area (Å²) in [6, 6.07) is 32.3. The van der Waals surface area contributed by atoms with Crippen molar-refractivity contribution in [2.45, 2.75) is 19.9 Å². The second-order valence-electron chi connectivity index (χ2n) is 10.7. The van der Waals surface area contributed by atoms with Crippen LogP contribution in [-0.2, 0) is 20.9 Å². The van der Waals surface area contributed by atoms with E-state index in [1.54, 1.807) is 30.0 Å². The number of amides is 2. The minimum absolute atomic E-state index is 0.0387. The van der Waals surface area contributed by atoms with Crippen molar-refractivity contribution >= 4 is 46.1 Å². The Balaban J connectivity index is 1.48. The van der Waals surface area contributed by atoms with E-state index in [1.807, 2.05) is 104 Å². The Morgan fingerprint density at radius 1 is 0.841 bits per heavy atom. The topological polar surface area (TPSA) is 91.0 Å². The lowest BCUT2D eigenvalue weighted by Crippen LogP contribution is -2.32. The van der Waals surface area contributed by atoms with Gasteiger partial charge in [-0.1, -0.05) is 66.7 Å². The van der Waals surface area contributed by atoms with Crippen LogP contribution in [0, 0.1) is 0 Å². The number of rotatable bonds is 11. The minimum Gasteiger partial charge on any atom is -0.462 e. The SMILES string of the molecule is CCOC(=O)c1ccc2c(c1)NC(=O)/C2=C(\Nc1ccc(N(Cc2ccccc2)C(=O)CCN(C)C)cc1)c1ccccc1. The number of anilines is 3. The predicted molar refractivity (Wildman–Crippen MR) is 175 cm³/mol. The number of esters is 1. The number of nitrogens with zero attached hydrogens (tertiary/aromatic N) is 2. The van der Waals surface area contributed by atoms with Crippen molar-refractivity contribution in [3.8, 4) is 0 Å². The number of benzene rings is 4. The summed E-state index contributed by atoms with van der Waals surface area (Å²) in [4.78, 5) is 42.8. The maximum absolute atomic E-state index is 13.4. The molecule has 0 bridgehead atoms. The summed E-state index contributed by atoms with van der Waals surface area (Å²) in [6.07, 6.45) is 0.399. The lowest BCUT2D eigenvalue weighted by Gasteiger charge is -2.24. The Labute approximate surface area is 258 Å². The molecule has 0 saturated carbocycles. The van der Waals surface area contributed by atoms with Crippen LogP contribution in [0.4, 0.5) is 17.1 Å². The minimum atomic E-state index is -0.440. The maximum Gasteiger partial charge on any atom is 0.338 e. The van der Waals surface area contributed by atoms with Crippen LogP contribution in [0.5, 0.6) is 0 Å².